The molecule has 1 N–H and O–H groups in total. The second-order valence-electron chi connectivity index (χ2n) is 7.30. The van der Waals surface area contributed by atoms with Crippen molar-refractivity contribution < 1.29 is 9.59 Å². The predicted octanol–water partition coefficient (Wildman–Crippen LogP) is 3.39. The number of nitrogens with one attached hydrogen (secondary N) is 1. The van der Waals surface area contributed by atoms with Crippen molar-refractivity contribution in [2.45, 2.75) is 58.0 Å². The minimum atomic E-state index is -0.107. The van der Waals surface area contributed by atoms with E-state index in [-0.39, 0.29) is 23.5 Å². The van der Waals surface area contributed by atoms with Crippen molar-refractivity contribution in [1.82, 2.24) is 4.90 Å². The van der Waals surface area contributed by atoms with E-state index in [4.69, 9.17) is 0 Å². The van der Waals surface area contributed by atoms with Gasteiger partial charge in [-0.1, -0.05) is 0 Å². The van der Waals surface area contributed by atoms with Crippen LogP contribution in [0.5, 0.6) is 0 Å². The highest BCUT2D eigenvalue weighted by Crippen LogP contribution is 2.34. The number of hydrogen-bond acceptors (Lipinski definition) is 2. The fourth-order valence-electron chi connectivity index (χ4n) is 3.80. The Morgan fingerprint density at radius 3 is 2.70 bits per heavy atom. The van der Waals surface area contributed by atoms with E-state index in [1.807, 2.05) is 23.1 Å². The maximum Gasteiger partial charge on any atom is 0.322 e. The summed E-state index contributed by atoms with van der Waals surface area (Å²) >= 11 is 0. The normalized spacial score (nSPS) is 23.0. The van der Waals surface area contributed by atoms with E-state index >= 15 is 0 Å². The molecule has 0 bridgehead atoms. The molecular weight excluding hydrogens is 290 g/mol. The number of amides is 3. The molecule has 124 valence electrons. The van der Waals surface area contributed by atoms with Gasteiger partial charge in [0.05, 0.1) is 0 Å². The Hall–Kier alpha value is -2.04. The smallest absolute Gasteiger partial charge is 0.317 e. The van der Waals surface area contributed by atoms with Gasteiger partial charge < -0.3 is 15.1 Å². The zero-order valence-electron chi connectivity index (χ0n) is 14.3. The van der Waals surface area contributed by atoms with E-state index in [2.05, 4.69) is 26.1 Å². The van der Waals surface area contributed by atoms with E-state index in [0.717, 1.165) is 36.2 Å². The van der Waals surface area contributed by atoms with Crippen LogP contribution < -0.4 is 10.2 Å². The largest absolute Gasteiger partial charge is 0.322 e. The first-order valence-electron chi connectivity index (χ1n) is 8.29. The van der Waals surface area contributed by atoms with Gasteiger partial charge in [-0.2, -0.15) is 0 Å². The first-order chi connectivity index (χ1) is 10.8. The monoisotopic (exact) mass is 315 g/mol. The third-order valence-electron chi connectivity index (χ3n) is 5.16. The van der Waals surface area contributed by atoms with Gasteiger partial charge in [0.1, 0.15) is 0 Å². The van der Waals surface area contributed by atoms with Crippen LogP contribution in [-0.2, 0) is 11.2 Å². The molecule has 1 aromatic rings. The number of aryl methyl sites for hydroxylation is 1. The number of likely N-dealkylation sites (tertiary alicyclic amines) is 1. The van der Waals surface area contributed by atoms with E-state index in [1.54, 1.807) is 11.9 Å². The lowest BCUT2D eigenvalue weighted by atomic mass is 10.0. The molecule has 1 saturated heterocycles. The molecule has 1 fully saturated rings. The van der Waals surface area contributed by atoms with Gasteiger partial charge in [0.15, 0.2) is 0 Å². The minimum Gasteiger partial charge on any atom is -0.317 e. The number of anilines is 2. The average molecular weight is 315 g/mol. The van der Waals surface area contributed by atoms with Crippen molar-refractivity contribution in [1.29, 1.82) is 0 Å². The molecule has 2 aliphatic heterocycles. The lowest BCUT2D eigenvalue weighted by Crippen LogP contribution is -2.48. The number of carbonyl (C=O) groups excluding carboxylic acids is 2. The molecule has 2 aliphatic rings. The molecule has 0 aromatic heterocycles. The Morgan fingerprint density at radius 1 is 1.30 bits per heavy atom. The number of nitrogens with zero attached hydrogens (tertiary/aromatic N) is 2. The van der Waals surface area contributed by atoms with Gasteiger partial charge in [0, 0.05) is 36.4 Å². The summed E-state index contributed by atoms with van der Waals surface area (Å²) in [6.45, 7) is 6.33. The van der Waals surface area contributed by atoms with Crippen LogP contribution in [-0.4, -0.2) is 35.5 Å². The number of hydrogen-bond donors (Lipinski definition) is 1. The van der Waals surface area contributed by atoms with E-state index in [9.17, 15) is 9.59 Å². The molecule has 0 radical (unpaired) electrons. The molecule has 0 aliphatic carbocycles. The van der Waals surface area contributed by atoms with Crippen LogP contribution in [0.15, 0.2) is 18.2 Å². The van der Waals surface area contributed by atoms with Crippen LogP contribution in [0.3, 0.4) is 0 Å². The van der Waals surface area contributed by atoms with Gasteiger partial charge in [0.25, 0.3) is 0 Å². The SMILES string of the molecule is CC1CCC(C)(C)N1C(=O)Nc1ccc2c(c1)CCC(=O)N2C. The van der Waals surface area contributed by atoms with E-state index in [1.165, 1.54) is 0 Å². The quantitative estimate of drug-likeness (QED) is 0.863. The number of urea groups is 1. The molecule has 5 heteroatoms. The second kappa shape index (κ2) is 5.55. The summed E-state index contributed by atoms with van der Waals surface area (Å²) in [5.74, 6) is 0.141. The lowest BCUT2D eigenvalue weighted by molar-refractivity contribution is -0.118. The summed E-state index contributed by atoms with van der Waals surface area (Å²) in [5.41, 5.74) is 2.74. The maximum absolute atomic E-state index is 12.7. The number of fused-ring (bicyclic) bond motifs is 1. The highest BCUT2D eigenvalue weighted by Gasteiger charge is 2.40. The molecule has 0 spiro atoms. The van der Waals surface area contributed by atoms with Gasteiger partial charge in [-0.05, 0) is 63.8 Å². The zero-order chi connectivity index (χ0) is 16.8. The molecule has 1 unspecified atom stereocenters. The van der Waals surface area contributed by atoms with Crippen LogP contribution in [0.25, 0.3) is 0 Å². The van der Waals surface area contributed by atoms with Crippen LogP contribution in [0.4, 0.5) is 16.2 Å². The maximum atomic E-state index is 12.7. The Kier molecular flexibility index (Phi) is 3.82. The van der Waals surface area contributed by atoms with Crippen molar-refractivity contribution in [3.63, 3.8) is 0 Å². The summed E-state index contributed by atoms with van der Waals surface area (Å²) in [5, 5.41) is 3.03. The molecule has 1 atom stereocenters. The van der Waals surface area contributed by atoms with Gasteiger partial charge >= 0.3 is 6.03 Å². The molecule has 1 aromatic carbocycles. The summed E-state index contributed by atoms with van der Waals surface area (Å²) < 4.78 is 0. The molecule has 3 amide bonds. The number of carbonyl (C=O) groups is 2. The molecule has 3 rings (SSSR count). The summed E-state index contributed by atoms with van der Waals surface area (Å²) in [4.78, 5) is 28.1. The molecule has 2 heterocycles. The fraction of sp³-hybridized carbons (Fsp3) is 0.556. The second-order valence-corrected chi connectivity index (χ2v) is 7.30. The Labute approximate surface area is 137 Å². The van der Waals surface area contributed by atoms with Crippen molar-refractivity contribution >= 4 is 23.3 Å². The Morgan fingerprint density at radius 2 is 2.04 bits per heavy atom. The summed E-state index contributed by atoms with van der Waals surface area (Å²) in [6.07, 6.45) is 3.32. The van der Waals surface area contributed by atoms with Gasteiger partial charge in [-0.25, -0.2) is 4.79 Å². The van der Waals surface area contributed by atoms with Crippen molar-refractivity contribution in [3.05, 3.63) is 23.8 Å². The fourth-order valence-corrected chi connectivity index (χ4v) is 3.80. The lowest BCUT2D eigenvalue weighted by Gasteiger charge is -2.35. The van der Waals surface area contributed by atoms with Gasteiger partial charge in [0.2, 0.25) is 5.91 Å². The van der Waals surface area contributed by atoms with Gasteiger partial charge in [-0.15, -0.1) is 0 Å². The Balaban J connectivity index is 1.79. The van der Waals surface area contributed by atoms with Crippen LogP contribution in [0.2, 0.25) is 0 Å². The first kappa shape index (κ1) is 15.8. The average Bonchev–Trinajstić information content (AvgIpc) is 2.76. The van der Waals surface area contributed by atoms with Gasteiger partial charge in [-0.3, -0.25) is 4.79 Å². The van der Waals surface area contributed by atoms with Crippen LogP contribution in [0.1, 0.15) is 45.6 Å². The van der Waals surface area contributed by atoms with Crippen molar-refractivity contribution in [2.24, 2.45) is 0 Å². The predicted molar refractivity (Wildman–Crippen MR) is 91.8 cm³/mol. The van der Waals surface area contributed by atoms with E-state index in [0.29, 0.717) is 6.42 Å². The van der Waals surface area contributed by atoms with E-state index < -0.39 is 0 Å². The summed E-state index contributed by atoms with van der Waals surface area (Å²) in [6, 6.07) is 6.00. The van der Waals surface area contributed by atoms with Crippen LogP contribution >= 0.6 is 0 Å². The van der Waals surface area contributed by atoms with Crippen molar-refractivity contribution in [2.75, 3.05) is 17.3 Å². The highest BCUT2D eigenvalue weighted by molar-refractivity contribution is 5.97. The minimum absolute atomic E-state index is 0.0415. The Bertz CT molecular complexity index is 654. The molecule has 5 nitrogen and oxygen atoms in total. The standard InChI is InChI=1S/C18H25N3O2/c1-12-9-10-18(2,3)21(12)17(23)19-14-6-7-15-13(11-14)5-8-16(22)20(15)4/h6-7,11-12H,5,8-10H2,1-4H3,(H,19,23). The third kappa shape index (κ3) is 2.80. The first-order valence-corrected chi connectivity index (χ1v) is 8.29. The van der Waals surface area contributed by atoms with Crippen molar-refractivity contribution in [3.8, 4) is 0 Å². The third-order valence-corrected chi connectivity index (χ3v) is 5.16. The highest BCUT2D eigenvalue weighted by atomic mass is 16.2. The topological polar surface area (TPSA) is 52.7 Å². The number of rotatable bonds is 1. The molecule has 0 saturated carbocycles. The molecular formula is C18H25N3O2. The zero-order valence-corrected chi connectivity index (χ0v) is 14.3. The molecule has 23 heavy (non-hydrogen) atoms. The number of benzene rings is 1. The van der Waals surface area contributed by atoms with Crippen LogP contribution in [0, 0.1) is 0 Å². The summed E-state index contributed by atoms with van der Waals surface area (Å²) in [7, 11) is 1.80.